The van der Waals surface area contributed by atoms with E-state index in [-0.39, 0.29) is 17.2 Å². The highest BCUT2D eigenvalue weighted by molar-refractivity contribution is 7.90. The Labute approximate surface area is 189 Å². The average Bonchev–Trinajstić information content (AvgIpc) is 3.43. The summed E-state index contributed by atoms with van der Waals surface area (Å²) in [5.41, 5.74) is 2.29. The van der Waals surface area contributed by atoms with Crippen LogP contribution < -0.4 is 10.6 Å². The van der Waals surface area contributed by atoms with Gasteiger partial charge in [-0.2, -0.15) is 0 Å². The summed E-state index contributed by atoms with van der Waals surface area (Å²) in [4.78, 5) is 29.6. The number of carbonyl (C=O) groups excluding carboxylic acids is 2. The third kappa shape index (κ3) is 4.90. The van der Waals surface area contributed by atoms with E-state index in [9.17, 15) is 18.0 Å². The molecule has 4 aromatic rings. The molecule has 0 aliphatic heterocycles. The maximum Gasteiger partial charge on any atom is 0.262 e. The molecule has 7 nitrogen and oxygen atoms in total. The fourth-order valence-electron chi connectivity index (χ4n) is 3.38. The van der Waals surface area contributed by atoms with Crippen LogP contribution in [0.25, 0.3) is 10.9 Å². The first-order valence-corrected chi connectivity index (χ1v) is 12.6. The van der Waals surface area contributed by atoms with Gasteiger partial charge in [0.2, 0.25) is 5.91 Å². The van der Waals surface area contributed by atoms with E-state index < -0.39 is 21.8 Å². The van der Waals surface area contributed by atoms with Crippen molar-refractivity contribution in [3.8, 4) is 0 Å². The zero-order valence-electron chi connectivity index (χ0n) is 17.2. The van der Waals surface area contributed by atoms with Crippen LogP contribution in [0.15, 0.2) is 77.1 Å². The summed E-state index contributed by atoms with van der Waals surface area (Å²) in [6.45, 7) is 0. The van der Waals surface area contributed by atoms with Gasteiger partial charge in [-0.1, -0.05) is 24.3 Å². The Morgan fingerprint density at radius 2 is 1.78 bits per heavy atom. The van der Waals surface area contributed by atoms with Crippen LogP contribution in [-0.4, -0.2) is 37.5 Å². The molecule has 0 saturated carbocycles. The SMILES string of the molecule is CS(=O)(=O)c1ccc(NC(=O)[C@H](Cc2c[nH]c3ccccc23)NC(=O)c2cccs2)cc1. The molecule has 0 fully saturated rings. The molecule has 2 heterocycles. The Kier molecular flexibility index (Phi) is 6.11. The normalized spacial score (nSPS) is 12.4. The quantitative estimate of drug-likeness (QED) is 0.386. The molecule has 1 atom stereocenters. The number of fused-ring (bicyclic) bond motifs is 1. The molecule has 0 spiro atoms. The average molecular weight is 468 g/mol. The van der Waals surface area contributed by atoms with E-state index in [1.807, 2.05) is 30.5 Å². The second kappa shape index (κ2) is 8.97. The van der Waals surface area contributed by atoms with Gasteiger partial charge in [-0.05, 0) is 47.3 Å². The Morgan fingerprint density at radius 1 is 1.03 bits per heavy atom. The summed E-state index contributed by atoms with van der Waals surface area (Å²) in [5, 5.41) is 8.38. The molecule has 0 radical (unpaired) electrons. The Morgan fingerprint density at radius 3 is 2.47 bits per heavy atom. The van der Waals surface area contributed by atoms with Gasteiger partial charge in [0.25, 0.3) is 5.91 Å². The largest absolute Gasteiger partial charge is 0.361 e. The van der Waals surface area contributed by atoms with E-state index in [1.165, 1.54) is 35.6 Å². The highest BCUT2D eigenvalue weighted by atomic mass is 32.2. The van der Waals surface area contributed by atoms with Gasteiger partial charge in [-0.25, -0.2) is 8.42 Å². The Hall–Kier alpha value is -3.43. The first-order valence-electron chi connectivity index (χ1n) is 9.81. The van der Waals surface area contributed by atoms with Crippen molar-refractivity contribution < 1.29 is 18.0 Å². The molecule has 2 amide bonds. The lowest BCUT2D eigenvalue weighted by Crippen LogP contribution is -2.45. The van der Waals surface area contributed by atoms with Crippen molar-refractivity contribution in [2.24, 2.45) is 0 Å². The number of carbonyl (C=O) groups is 2. The number of para-hydroxylation sites is 1. The third-order valence-electron chi connectivity index (χ3n) is 5.02. The minimum Gasteiger partial charge on any atom is -0.361 e. The first kappa shape index (κ1) is 21.8. The number of benzene rings is 2. The predicted octanol–water partition coefficient (Wildman–Crippen LogP) is 3.61. The second-order valence-corrected chi connectivity index (χ2v) is 10.3. The minimum atomic E-state index is -3.33. The van der Waals surface area contributed by atoms with Gasteiger partial charge in [0, 0.05) is 35.5 Å². The van der Waals surface area contributed by atoms with E-state index in [4.69, 9.17) is 0 Å². The second-order valence-electron chi connectivity index (χ2n) is 7.35. The van der Waals surface area contributed by atoms with Crippen molar-refractivity contribution in [2.45, 2.75) is 17.4 Å². The van der Waals surface area contributed by atoms with Crippen LogP contribution in [0.3, 0.4) is 0 Å². The Balaban J connectivity index is 1.57. The number of hydrogen-bond acceptors (Lipinski definition) is 5. The van der Waals surface area contributed by atoms with Crippen LogP contribution in [0.1, 0.15) is 15.2 Å². The lowest BCUT2D eigenvalue weighted by atomic mass is 10.0. The van der Waals surface area contributed by atoms with Gasteiger partial charge in [0.15, 0.2) is 9.84 Å². The maximum atomic E-state index is 13.1. The number of nitrogens with one attached hydrogen (secondary N) is 3. The first-order chi connectivity index (χ1) is 15.3. The molecule has 0 unspecified atom stereocenters. The van der Waals surface area contributed by atoms with Crippen molar-refractivity contribution >= 4 is 49.6 Å². The number of aromatic amines is 1. The van der Waals surface area contributed by atoms with Crippen LogP contribution in [-0.2, 0) is 21.1 Å². The van der Waals surface area contributed by atoms with Gasteiger partial charge < -0.3 is 15.6 Å². The van der Waals surface area contributed by atoms with Crippen LogP contribution >= 0.6 is 11.3 Å². The van der Waals surface area contributed by atoms with Gasteiger partial charge in [-0.3, -0.25) is 9.59 Å². The molecule has 9 heteroatoms. The third-order valence-corrected chi connectivity index (χ3v) is 7.01. The molecule has 4 rings (SSSR count). The number of anilines is 1. The molecular weight excluding hydrogens is 446 g/mol. The van der Waals surface area contributed by atoms with E-state index in [0.29, 0.717) is 10.6 Å². The molecule has 0 bridgehead atoms. The van der Waals surface area contributed by atoms with Gasteiger partial charge in [0.1, 0.15) is 6.04 Å². The summed E-state index contributed by atoms with van der Waals surface area (Å²) >= 11 is 1.30. The topological polar surface area (TPSA) is 108 Å². The molecule has 0 saturated heterocycles. The lowest BCUT2D eigenvalue weighted by Gasteiger charge is -2.18. The summed E-state index contributed by atoms with van der Waals surface area (Å²) in [6.07, 6.45) is 3.25. The van der Waals surface area contributed by atoms with Gasteiger partial charge in [-0.15, -0.1) is 11.3 Å². The van der Waals surface area contributed by atoms with Crippen molar-refractivity contribution in [3.05, 3.63) is 82.7 Å². The zero-order valence-corrected chi connectivity index (χ0v) is 18.8. The highest BCUT2D eigenvalue weighted by Gasteiger charge is 2.24. The zero-order chi connectivity index (χ0) is 22.7. The van der Waals surface area contributed by atoms with Crippen LogP contribution in [0.4, 0.5) is 5.69 Å². The summed E-state index contributed by atoms with van der Waals surface area (Å²) in [5.74, 6) is -0.722. The van der Waals surface area contributed by atoms with Crippen molar-refractivity contribution in [1.29, 1.82) is 0 Å². The number of sulfone groups is 1. The summed E-state index contributed by atoms with van der Waals surface area (Å²) in [6, 6.07) is 16.3. The van der Waals surface area contributed by atoms with Crippen LogP contribution in [0.2, 0.25) is 0 Å². The standard InChI is InChI=1S/C23H21N3O4S2/c1-32(29,30)17-10-8-16(9-11-17)25-22(27)20(26-23(28)21-7-4-12-31-21)13-15-14-24-19-6-3-2-5-18(15)19/h2-12,14,20,24H,13H2,1H3,(H,25,27)(H,26,28)/t20-/m0/s1. The summed E-state index contributed by atoms with van der Waals surface area (Å²) in [7, 11) is -3.33. The maximum absolute atomic E-state index is 13.1. The van der Waals surface area contributed by atoms with Crippen molar-refractivity contribution in [3.63, 3.8) is 0 Å². The number of hydrogen-bond donors (Lipinski definition) is 3. The monoisotopic (exact) mass is 467 g/mol. The molecule has 3 N–H and O–H groups in total. The Bertz CT molecular complexity index is 1360. The van der Waals surface area contributed by atoms with Crippen LogP contribution in [0, 0.1) is 0 Å². The molecule has 0 aliphatic carbocycles. The van der Waals surface area contributed by atoms with Crippen molar-refractivity contribution in [2.75, 3.05) is 11.6 Å². The van der Waals surface area contributed by atoms with E-state index in [0.717, 1.165) is 22.7 Å². The van der Waals surface area contributed by atoms with Gasteiger partial charge in [0.05, 0.1) is 9.77 Å². The molecule has 2 aromatic heterocycles. The smallest absolute Gasteiger partial charge is 0.262 e. The fraction of sp³-hybridized carbons (Fsp3) is 0.130. The predicted molar refractivity (Wildman–Crippen MR) is 126 cm³/mol. The molecule has 32 heavy (non-hydrogen) atoms. The van der Waals surface area contributed by atoms with E-state index in [1.54, 1.807) is 17.5 Å². The fourth-order valence-corrected chi connectivity index (χ4v) is 4.64. The lowest BCUT2D eigenvalue weighted by molar-refractivity contribution is -0.118. The number of H-pyrrole nitrogens is 1. The number of thiophene rings is 1. The van der Waals surface area contributed by atoms with Crippen LogP contribution in [0.5, 0.6) is 0 Å². The molecule has 2 aromatic carbocycles. The molecule has 0 aliphatic rings. The molecular formula is C23H21N3O4S2. The highest BCUT2D eigenvalue weighted by Crippen LogP contribution is 2.20. The number of amides is 2. The number of aromatic nitrogens is 1. The van der Waals surface area contributed by atoms with Gasteiger partial charge >= 0.3 is 0 Å². The van der Waals surface area contributed by atoms with E-state index in [2.05, 4.69) is 15.6 Å². The summed E-state index contributed by atoms with van der Waals surface area (Å²) < 4.78 is 23.3. The van der Waals surface area contributed by atoms with Crippen molar-refractivity contribution in [1.82, 2.24) is 10.3 Å². The number of rotatable bonds is 7. The van der Waals surface area contributed by atoms with E-state index >= 15 is 0 Å². The minimum absolute atomic E-state index is 0.164. The molecule has 164 valence electrons.